The van der Waals surface area contributed by atoms with Crippen molar-refractivity contribution in [3.05, 3.63) is 78.7 Å². The number of rotatable bonds is 8. The van der Waals surface area contributed by atoms with Crippen molar-refractivity contribution in [3.63, 3.8) is 0 Å². The van der Waals surface area contributed by atoms with Gasteiger partial charge in [-0.3, -0.25) is 4.79 Å². The highest BCUT2D eigenvalue weighted by atomic mass is 32.2. The van der Waals surface area contributed by atoms with Crippen molar-refractivity contribution in [2.45, 2.75) is 54.9 Å². The van der Waals surface area contributed by atoms with Crippen LogP contribution in [0.25, 0.3) is 16.7 Å². The highest BCUT2D eigenvalue weighted by molar-refractivity contribution is 7.99. The lowest BCUT2D eigenvalue weighted by Gasteiger charge is -2.23. The molecule has 1 atom stereocenters. The summed E-state index contributed by atoms with van der Waals surface area (Å²) >= 11 is 1.64. The van der Waals surface area contributed by atoms with Crippen LogP contribution in [-0.2, 0) is 21.4 Å². The summed E-state index contributed by atoms with van der Waals surface area (Å²) in [5, 5.41) is 29.7. The molecule has 1 unspecified atom stereocenters. The molecule has 0 saturated carbocycles. The Morgan fingerprint density at radius 1 is 1.06 bits per heavy atom. The lowest BCUT2D eigenvalue weighted by atomic mass is 9.84. The van der Waals surface area contributed by atoms with E-state index in [1.165, 1.54) is 4.80 Å². The number of aromatic hydroxyl groups is 1. The van der Waals surface area contributed by atoms with Gasteiger partial charge in [-0.1, -0.05) is 56.8 Å². The molecule has 0 spiro atoms. The number of carbonyl (C=O) groups excluding carboxylic acids is 1. The van der Waals surface area contributed by atoms with Gasteiger partial charge in [0.1, 0.15) is 29.1 Å². The van der Waals surface area contributed by atoms with E-state index in [2.05, 4.69) is 29.3 Å². The highest BCUT2D eigenvalue weighted by Gasteiger charge is 2.23. The van der Waals surface area contributed by atoms with Gasteiger partial charge in [0.25, 0.3) is 0 Å². The van der Waals surface area contributed by atoms with Crippen molar-refractivity contribution >= 4 is 28.8 Å². The minimum atomic E-state index is -0.951. The Balaban J connectivity index is 1.65. The number of hydrogen-bond donors (Lipinski definition) is 2. The van der Waals surface area contributed by atoms with E-state index >= 15 is 0 Å². The number of nitrogens with zero attached hydrogens (tertiary/aromatic N) is 3. The largest absolute Gasteiger partial charge is 0.505 e. The zero-order valence-corrected chi connectivity index (χ0v) is 21.5. The first-order valence-corrected chi connectivity index (χ1v) is 12.6. The number of hydrogen-bond acceptors (Lipinski definition) is 7. The van der Waals surface area contributed by atoms with Gasteiger partial charge in [0.15, 0.2) is 0 Å². The normalized spacial score (nSPS) is 12.6. The van der Waals surface area contributed by atoms with Crippen LogP contribution < -0.4 is 0 Å². The van der Waals surface area contributed by atoms with Crippen LogP contribution in [0.1, 0.15) is 38.3 Å². The molecule has 1 aromatic heterocycles. The monoisotopic (exact) mass is 504 g/mol. The molecule has 0 bridgehead atoms. The fraction of sp³-hybridized carbons (Fsp3) is 0.286. The maximum atomic E-state index is 12.1. The number of carbonyl (C=O) groups is 1. The average molecular weight is 505 g/mol. The van der Waals surface area contributed by atoms with Crippen LogP contribution in [0, 0.1) is 6.92 Å². The molecule has 2 N–H and O–H groups in total. The van der Waals surface area contributed by atoms with Gasteiger partial charge in [-0.05, 0) is 60.7 Å². The van der Waals surface area contributed by atoms with Gasteiger partial charge in [-0.2, -0.15) is 0 Å². The van der Waals surface area contributed by atoms with Gasteiger partial charge < -0.3 is 14.9 Å². The third kappa shape index (κ3) is 6.25. The number of esters is 1. The summed E-state index contributed by atoms with van der Waals surface area (Å²) < 4.78 is 5.02. The standard InChI is InChI=1S/C28H30N3O4S/c1-18(32)17-35-26(33)13-10-19-14-22(28(2,3)4)27(34)25(15-19)31-29-23-12-11-21(16-24(23)30-31)36-20-8-6-5-7-9-20/h5-9,11-12,14-16,18,32,34H,1,10,13,17H2,2-4H3. The molecule has 0 saturated heterocycles. The number of ether oxygens (including phenoxy) is 1. The summed E-state index contributed by atoms with van der Waals surface area (Å²) in [6.07, 6.45) is -0.413. The number of benzene rings is 3. The summed E-state index contributed by atoms with van der Waals surface area (Å²) in [5.41, 5.74) is 3.12. The van der Waals surface area contributed by atoms with Crippen LogP contribution in [0.3, 0.4) is 0 Å². The zero-order chi connectivity index (χ0) is 25.9. The Bertz CT molecular complexity index is 1360. The molecule has 1 radical (unpaired) electrons. The lowest BCUT2D eigenvalue weighted by Crippen LogP contribution is -2.16. The summed E-state index contributed by atoms with van der Waals surface area (Å²) in [7, 11) is 0. The van der Waals surface area contributed by atoms with Crippen LogP contribution in [0.15, 0.2) is 70.5 Å². The zero-order valence-electron chi connectivity index (χ0n) is 20.6. The number of fused-ring (bicyclic) bond motifs is 1. The molecule has 1 heterocycles. The van der Waals surface area contributed by atoms with E-state index in [0.717, 1.165) is 20.9 Å². The van der Waals surface area contributed by atoms with Crippen LogP contribution in [0.5, 0.6) is 5.75 Å². The second-order valence-corrected chi connectivity index (χ2v) is 10.8. The van der Waals surface area contributed by atoms with Crippen molar-refractivity contribution in [3.8, 4) is 11.4 Å². The van der Waals surface area contributed by atoms with E-state index in [4.69, 9.17) is 4.74 Å². The number of aliphatic hydroxyl groups is 1. The number of aryl methyl sites for hydroxylation is 1. The molecule has 4 rings (SSSR count). The van der Waals surface area contributed by atoms with E-state index < -0.39 is 12.1 Å². The molecule has 7 nitrogen and oxygen atoms in total. The van der Waals surface area contributed by atoms with Gasteiger partial charge >= 0.3 is 5.97 Å². The van der Waals surface area contributed by atoms with Gasteiger partial charge in [0.05, 0.1) is 6.10 Å². The maximum Gasteiger partial charge on any atom is 0.306 e. The minimum absolute atomic E-state index is 0.105. The third-order valence-corrected chi connectivity index (χ3v) is 6.56. The molecule has 0 fully saturated rings. The first-order chi connectivity index (χ1) is 17.1. The highest BCUT2D eigenvalue weighted by Crippen LogP contribution is 2.37. The Labute approximate surface area is 215 Å². The summed E-state index contributed by atoms with van der Waals surface area (Å²) in [6, 6.07) is 19.7. The summed E-state index contributed by atoms with van der Waals surface area (Å²) in [6.45, 7) is 9.30. The van der Waals surface area contributed by atoms with E-state index in [1.54, 1.807) is 17.8 Å². The topological polar surface area (TPSA) is 97.5 Å². The maximum absolute atomic E-state index is 12.1. The molecule has 0 aliphatic rings. The van der Waals surface area contributed by atoms with Crippen molar-refractivity contribution in [2.75, 3.05) is 6.61 Å². The molecule has 0 aliphatic heterocycles. The Hall–Kier alpha value is -3.36. The molecule has 3 aromatic carbocycles. The molecule has 36 heavy (non-hydrogen) atoms. The van der Waals surface area contributed by atoms with Crippen molar-refractivity contribution in [2.24, 2.45) is 0 Å². The van der Waals surface area contributed by atoms with Crippen molar-refractivity contribution in [1.82, 2.24) is 15.0 Å². The number of aliphatic hydroxyl groups excluding tert-OH is 1. The number of phenolic OH excluding ortho intramolecular Hbond substituents is 1. The van der Waals surface area contributed by atoms with Gasteiger partial charge in [0.2, 0.25) is 0 Å². The lowest BCUT2D eigenvalue weighted by molar-refractivity contribution is -0.145. The average Bonchev–Trinajstić information content (AvgIpc) is 3.25. The molecule has 8 heteroatoms. The fourth-order valence-corrected chi connectivity index (χ4v) is 4.62. The van der Waals surface area contributed by atoms with Crippen LogP contribution >= 0.6 is 11.8 Å². The molecule has 0 amide bonds. The number of phenols is 1. The molecule has 187 valence electrons. The quantitative estimate of drug-likeness (QED) is 0.317. The molecular weight excluding hydrogens is 474 g/mol. The van der Waals surface area contributed by atoms with Crippen LogP contribution in [0.2, 0.25) is 0 Å². The smallest absolute Gasteiger partial charge is 0.306 e. The third-order valence-electron chi connectivity index (χ3n) is 5.56. The Kier molecular flexibility index (Phi) is 7.66. The first kappa shape index (κ1) is 25.7. The van der Waals surface area contributed by atoms with E-state index in [0.29, 0.717) is 23.1 Å². The number of aromatic nitrogens is 3. The SMILES string of the molecule is [CH2]C(O)COC(=O)CCc1cc(-n2nc3ccc(Sc4ccccc4)cc3n2)c(O)c(C(C)(C)C)c1. The van der Waals surface area contributed by atoms with Crippen LogP contribution in [-0.4, -0.2) is 43.9 Å². The van der Waals surface area contributed by atoms with E-state index in [9.17, 15) is 15.0 Å². The molecule has 0 aliphatic carbocycles. The minimum Gasteiger partial charge on any atom is -0.505 e. The second-order valence-electron chi connectivity index (χ2n) is 9.65. The van der Waals surface area contributed by atoms with E-state index in [-0.39, 0.29) is 24.2 Å². The van der Waals surface area contributed by atoms with Crippen molar-refractivity contribution in [1.29, 1.82) is 0 Å². The van der Waals surface area contributed by atoms with Gasteiger partial charge in [-0.15, -0.1) is 15.0 Å². The summed E-state index contributed by atoms with van der Waals surface area (Å²) in [4.78, 5) is 15.7. The fourth-order valence-electron chi connectivity index (χ4n) is 3.74. The van der Waals surface area contributed by atoms with Crippen LogP contribution in [0.4, 0.5) is 0 Å². The van der Waals surface area contributed by atoms with Gasteiger partial charge in [-0.25, -0.2) is 0 Å². The Morgan fingerprint density at radius 3 is 2.47 bits per heavy atom. The van der Waals surface area contributed by atoms with Gasteiger partial charge in [0, 0.05) is 21.8 Å². The van der Waals surface area contributed by atoms with E-state index in [1.807, 2.05) is 63.2 Å². The molecular formula is C28H30N3O4S. The first-order valence-electron chi connectivity index (χ1n) is 11.7. The molecule has 4 aromatic rings. The summed E-state index contributed by atoms with van der Waals surface area (Å²) in [5.74, 6) is -0.316. The predicted octanol–water partition coefficient (Wildman–Crippen LogP) is 5.25. The predicted molar refractivity (Wildman–Crippen MR) is 140 cm³/mol. The van der Waals surface area contributed by atoms with Crippen molar-refractivity contribution < 1.29 is 19.7 Å². The Morgan fingerprint density at radius 2 is 1.78 bits per heavy atom. The second kappa shape index (κ2) is 10.7.